The van der Waals surface area contributed by atoms with E-state index in [1.165, 1.54) is 11.8 Å². The Kier molecular flexibility index (Phi) is 14.4. The highest BCUT2D eigenvalue weighted by Crippen LogP contribution is 2.48. The van der Waals surface area contributed by atoms with Gasteiger partial charge in [-0.1, -0.05) is 110 Å². The van der Waals surface area contributed by atoms with Crippen LogP contribution >= 0.6 is 11.8 Å². The summed E-state index contributed by atoms with van der Waals surface area (Å²) >= 11 is 1.39. The molecule has 0 spiro atoms. The second-order valence-corrected chi connectivity index (χ2v) is 27.5. The number of benzene rings is 1. The van der Waals surface area contributed by atoms with Crippen LogP contribution in [0.3, 0.4) is 0 Å². The van der Waals surface area contributed by atoms with Gasteiger partial charge in [-0.25, -0.2) is 0 Å². The van der Waals surface area contributed by atoms with Gasteiger partial charge >= 0.3 is 15.6 Å². The van der Waals surface area contributed by atoms with Gasteiger partial charge in [0.2, 0.25) is 0 Å². The third-order valence-electron chi connectivity index (χ3n) is 9.43. The van der Waals surface area contributed by atoms with Crippen molar-refractivity contribution in [1.29, 1.82) is 0 Å². The van der Waals surface area contributed by atoms with E-state index >= 15 is 0 Å². The molecule has 0 saturated heterocycles. The monoisotopic (exact) mass is 722 g/mol. The van der Waals surface area contributed by atoms with E-state index in [0.29, 0.717) is 17.1 Å². The van der Waals surface area contributed by atoms with Crippen LogP contribution < -0.4 is 0 Å². The molecular formula is C34H57F3O5S2Si2. The summed E-state index contributed by atoms with van der Waals surface area (Å²) in [5.41, 5.74) is -4.42. The highest BCUT2D eigenvalue weighted by Gasteiger charge is 2.51. The zero-order valence-corrected chi connectivity index (χ0v) is 33.3. The van der Waals surface area contributed by atoms with E-state index in [2.05, 4.69) is 86.8 Å². The maximum absolute atomic E-state index is 13.5. The van der Waals surface area contributed by atoms with E-state index in [1.807, 2.05) is 30.4 Å². The van der Waals surface area contributed by atoms with Crippen LogP contribution in [0, 0.1) is 5.92 Å². The van der Waals surface area contributed by atoms with Crippen LogP contribution in [0.5, 0.6) is 0 Å². The molecule has 12 heteroatoms. The first-order valence-corrected chi connectivity index (χ1v) is 24.6. The molecule has 0 heterocycles. The van der Waals surface area contributed by atoms with Crippen LogP contribution in [0.15, 0.2) is 53.1 Å². The molecule has 1 aromatic rings. The fraction of sp³-hybridized carbons (Fsp3) is 0.706. The van der Waals surface area contributed by atoms with Crippen molar-refractivity contribution in [2.45, 2.75) is 141 Å². The van der Waals surface area contributed by atoms with Gasteiger partial charge in [-0.05, 0) is 54.0 Å². The van der Waals surface area contributed by atoms with Gasteiger partial charge in [0.25, 0.3) is 0 Å². The lowest BCUT2D eigenvalue weighted by atomic mass is 10.0. The van der Waals surface area contributed by atoms with Crippen molar-refractivity contribution < 1.29 is 34.6 Å². The van der Waals surface area contributed by atoms with Gasteiger partial charge in [-0.15, -0.1) is 11.8 Å². The Bertz CT molecular complexity index is 1280. The molecule has 3 atom stereocenters. The molecule has 264 valence electrons. The van der Waals surface area contributed by atoms with Crippen molar-refractivity contribution >= 4 is 38.5 Å². The Morgan fingerprint density at radius 1 is 0.935 bits per heavy atom. The average Bonchev–Trinajstić information content (AvgIpc) is 3.19. The Balaban J connectivity index is 2.64. The zero-order valence-electron chi connectivity index (χ0n) is 29.7. The molecule has 0 amide bonds. The van der Waals surface area contributed by atoms with Crippen LogP contribution in [0.1, 0.15) is 86.1 Å². The molecule has 0 bridgehead atoms. The molecule has 46 heavy (non-hydrogen) atoms. The molecule has 0 fully saturated rings. The minimum Gasteiger partial charge on any atom is -0.413 e. The Labute approximate surface area is 283 Å². The summed E-state index contributed by atoms with van der Waals surface area (Å²) in [4.78, 5) is 0.495. The van der Waals surface area contributed by atoms with E-state index in [4.69, 9.17) is 13.0 Å². The smallest absolute Gasteiger partial charge is 0.413 e. The van der Waals surface area contributed by atoms with Gasteiger partial charge < -0.3 is 13.0 Å². The Morgan fingerprint density at radius 3 is 2.04 bits per heavy atom. The van der Waals surface area contributed by atoms with Crippen LogP contribution in [-0.2, 0) is 29.6 Å². The maximum atomic E-state index is 13.5. The SMILES string of the molecule is CCCCCCSC1=C(OS(=O)(=O)C(F)(F)F)C[C@@H](O[Si](C)(C)C(C)(C)C)[C@@H]1C=CC(Cc1ccccc1)O[Si](C)(C)C(C)(C)C. The number of hydrogen-bond acceptors (Lipinski definition) is 6. The first kappa shape index (κ1) is 41.1. The number of unbranched alkanes of at least 4 members (excludes halogenated alkanes) is 3. The van der Waals surface area contributed by atoms with Gasteiger partial charge in [0.05, 0.1) is 12.2 Å². The molecule has 1 aliphatic carbocycles. The third-order valence-corrected chi connectivity index (χ3v) is 20.7. The maximum Gasteiger partial charge on any atom is 0.534 e. The number of hydrogen-bond donors (Lipinski definition) is 0. The summed E-state index contributed by atoms with van der Waals surface area (Å²) in [5, 5.41) is -0.207. The van der Waals surface area contributed by atoms with E-state index in [0.717, 1.165) is 31.2 Å². The Hall–Kier alpha value is -1.06. The summed E-state index contributed by atoms with van der Waals surface area (Å²) in [6.07, 6.45) is 7.64. The van der Waals surface area contributed by atoms with E-state index in [-0.39, 0.29) is 28.4 Å². The lowest BCUT2D eigenvalue weighted by Crippen LogP contribution is -2.45. The predicted molar refractivity (Wildman–Crippen MR) is 191 cm³/mol. The summed E-state index contributed by atoms with van der Waals surface area (Å²) in [5.74, 6) is -0.00889. The summed E-state index contributed by atoms with van der Waals surface area (Å²) < 4.78 is 83.9. The second-order valence-electron chi connectivity index (χ2n) is 15.3. The zero-order chi connectivity index (χ0) is 35.2. The molecule has 1 unspecified atom stereocenters. The molecule has 0 N–H and O–H groups in total. The molecule has 0 aliphatic heterocycles. The van der Waals surface area contributed by atoms with Crippen LogP contribution in [0.2, 0.25) is 36.3 Å². The molecule has 5 nitrogen and oxygen atoms in total. The van der Waals surface area contributed by atoms with E-state index in [9.17, 15) is 21.6 Å². The number of thioether (sulfide) groups is 1. The lowest BCUT2D eigenvalue weighted by molar-refractivity contribution is -0.0524. The van der Waals surface area contributed by atoms with Gasteiger partial charge in [-0.2, -0.15) is 21.6 Å². The topological polar surface area (TPSA) is 61.8 Å². The fourth-order valence-corrected chi connectivity index (χ4v) is 9.04. The summed E-state index contributed by atoms with van der Waals surface area (Å²) in [6, 6.07) is 10.1. The van der Waals surface area contributed by atoms with Crippen molar-refractivity contribution in [3.05, 3.63) is 58.7 Å². The van der Waals surface area contributed by atoms with Crippen molar-refractivity contribution in [2.24, 2.45) is 5.92 Å². The van der Waals surface area contributed by atoms with Crippen LogP contribution in [0.4, 0.5) is 13.2 Å². The predicted octanol–water partition coefficient (Wildman–Crippen LogP) is 11.0. The van der Waals surface area contributed by atoms with Gasteiger partial charge in [0, 0.05) is 23.7 Å². The normalized spacial score (nSPS) is 19.7. The highest BCUT2D eigenvalue weighted by atomic mass is 32.2. The molecule has 1 aliphatic rings. The van der Waals surface area contributed by atoms with Gasteiger partial charge in [0.15, 0.2) is 16.6 Å². The minimum atomic E-state index is -5.84. The minimum absolute atomic E-state index is 0.0382. The van der Waals surface area contributed by atoms with Crippen molar-refractivity contribution in [2.75, 3.05) is 5.75 Å². The second kappa shape index (κ2) is 16.1. The van der Waals surface area contributed by atoms with Crippen LogP contribution in [0.25, 0.3) is 0 Å². The fourth-order valence-electron chi connectivity index (χ4n) is 4.58. The van der Waals surface area contributed by atoms with E-state index in [1.54, 1.807) is 0 Å². The standard InChI is InChI=1S/C34H57F3O5S2Si2/c1-12-13-14-18-23-43-31-28(22-21-27(24-26-19-16-15-17-20-26)41-45(8,9)32(2,3)4)29(42-46(10,11)33(5,6)7)25-30(31)40-44(38,39)34(35,36)37/h15-17,19-22,27-29H,12-14,18,23-25H2,1-11H3/t27?,28-,29+/m0/s1. The van der Waals surface area contributed by atoms with Crippen LogP contribution in [-0.4, -0.2) is 48.5 Å². The largest absolute Gasteiger partial charge is 0.534 e. The first-order valence-electron chi connectivity index (χ1n) is 16.4. The third kappa shape index (κ3) is 11.5. The lowest BCUT2D eigenvalue weighted by Gasteiger charge is -2.40. The first-order chi connectivity index (χ1) is 20.9. The number of halogens is 3. The van der Waals surface area contributed by atoms with Crippen molar-refractivity contribution in [3.8, 4) is 0 Å². The molecule has 1 aromatic carbocycles. The molecule has 0 radical (unpaired) electrons. The van der Waals surface area contributed by atoms with Gasteiger partial charge in [0.1, 0.15) is 5.76 Å². The van der Waals surface area contributed by atoms with Crippen molar-refractivity contribution in [3.63, 3.8) is 0 Å². The molecule has 2 rings (SSSR count). The average molecular weight is 723 g/mol. The molecule has 0 saturated carbocycles. The molecular weight excluding hydrogens is 666 g/mol. The number of rotatable bonds is 16. The Morgan fingerprint density at radius 2 is 1.52 bits per heavy atom. The van der Waals surface area contributed by atoms with Gasteiger partial charge in [-0.3, -0.25) is 0 Å². The molecule has 0 aromatic heterocycles. The summed E-state index contributed by atoms with van der Waals surface area (Å²) in [7, 11) is -10.5. The summed E-state index contributed by atoms with van der Waals surface area (Å²) in [6.45, 7) is 23.5. The van der Waals surface area contributed by atoms with Crippen molar-refractivity contribution in [1.82, 2.24) is 0 Å². The highest BCUT2D eigenvalue weighted by molar-refractivity contribution is 8.03. The quantitative estimate of drug-likeness (QED) is 0.0557. The van der Waals surface area contributed by atoms with E-state index < -0.39 is 44.3 Å². The number of alkyl halides is 3.